The van der Waals surface area contributed by atoms with Gasteiger partial charge in [0.15, 0.2) is 5.13 Å². The molecular weight excluding hydrogens is 494 g/mol. The number of sulfonamides is 1. The molecule has 31 heavy (non-hydrogen) atoms. The van der Waals surface area contributed by atoms with Crippen LogP contribution < -0.4 is 4.90 Å². The Bertz CT molecular complexity index is 1180. The number of piperazine rings is 1. The van der Waals surface area contributed by atoms with Crippen LogP contribution in [0.15, 0.2) is 51.1 Å². The third-order valence-corrected chi connectivity index (χ3v) is 9.56. The molecule has 5 nitrogen and oxygen atoms in total. The van der Waals surface area contributed by atoms with Crippen molar-refractivity contribution >= 4 is 42.4 Å². The van der Waals surface area contributed by atoms with Crippen LogP contribution >= 0.6 is 27.3 Å². The summed E-state index contributed by atoms with van der Waals surface area (Å²) in [5.41, 5.74) is 6.30. The summed E-state index contributed by atoms with van der Waals surface area (Å²) in [4.78, 5) is 7.37. The lowest BCUT2D eigenvalue weighted by Gasteiger charge is -2.34. The molecule has 164 valence electrons. The topological polar surface area (TPSA) is 53.5 Å². The van der Waals surface area contributed by atoms with Crippen LogP contribution in [-0.2, 0) is 16.4 Å². The fourth-order valence-corrected chi connectivity index (χ4v) is 7.37. The second-order valence-electron chi connectivity index (χ2n) is 8.00. The summed E-state index contributed by atoms with van der Waals surface area (Å²) < 4.78 is 28.2. The summed E-state index contributed by atoms with van der Waals surface area (Å²) in [6.45, 7) is 8.63. The van der Waals surface area contributed by atoms with E-state index in [-0.39, 0.29) is 0 Å². The fourth-order valence-electron chi connectivity index (χ4n) is 4.11. The quantitative estimate of drug-likeness (QED) is 0.479. The van der Waals surface area contributed by atoms with Gasteiger partial charge in [-0.3, -0.25) is 0 Å². The van der Waals surface area contributed by atoms with Gasteiger partial charge < -0.3 is 4.90 Å². The molecule has 0 atom stereocenters. The smallest absolute Gasteiger partial charge is 0.244 e. The van der Waals surface area contributed by atoms with E-state index in [4.69, 9.17) is 4.98 Å². The largest absolute Gasteiger partial charge is 0.345 e. The average Bonchev–Trinajstić information content (AvgIpc) is 3.20. The summed E-state index contributed by atoms with van der Waals surface area (Å²) >= 11 is 5.00. The zero-order valence-corrected chi connectivity index (χ0v) is 21.1. The van der Waals surface area contributed by atoms with Crippen LogP contribution in [0.25, 0.3) is 0 Å². The molecule has 0 saturated carbocycles. The van der Waals surface area contributed by atoms with Crippen molar-refractivity contribution in [3.63, 3.8) is 0 Å². The molecule has 0 bridgehead atoms. The first-order valence-electron chi connectivity index (χ1n) is 10.3. The van der Waals surface area contributed by atoms with E-state index in [1.54, 1.807) is 33.8 Å². The van der Waals surface area contributed by atoms with Gasteiger partial charge in [0, 0.05) is 42.5 Å². The Hall–Kier alpha value is -1.74. The second-order valence-corrected chi connectivity index (χ2v) is 11.6. The molecule has 1 saturated heterocycles. The highest BCUT2D eigenvalue weighted by molar-refractivity contribution is 9.10. The minimum atomic E-state index is -3.50. The minimum Gasteiger partial charge on any atom is -0.345 e. The first-order chi connectivity index (χ1) is 14.8. The summed E-state index contributed by atoms with van der Waals surface area (Å²) in [6, 6.07) is 11.4. The zero-order chi connectivity index (χ0) is 22.2. The van der Waals surface area contributed by atoms with Gasteiger partial charge in [0.25, 0.3) is 0 Å². The molecule has 3 aromatic rings. The van der Waals surface area contributed by atoms with Crippen molar-refractivity contribution in [2.75, 3.05) is 31.1 Å². The van der Waals surface area contributed by atoms with Gasteiger partial charge in [-0.05, 0) is 65.5 Å². The molecule has 0 spiro atoms. The van der Waals surface area contributed by atoms with Crippen molar-refractivity contribution in [1.29, 1.82) is 0 Å². The van der Waals surface area contributed by atoms with Crippen LogP contribution in [0.3, 0.4) is 0 Å². The Morgan fingerprint density at radius 2 is 1.68 bits per heavy atom. The van der Waals surface area contributed by atoms with Crippen molar-refractivity contribution in [3.8, 4) is 0 Å². The summed E-state index contributed by atoms with van der Waals surface area (Å²) in [7, 11) is -3.50. The first-order valence-corrected chi connectivity index (χ1v) is 13.4. The van der Waals surface area contributed by atoms with Gasteiger partial charge in [-0.25, -0.2) is 13.4 Å². The predicted octanol–water partition coefficient (Wildman–Crippen LogP) is 4.93. The number of nitrogens with zero attached hydrogens (tertiary/aromatic N) is 3. The number of aromatic nitrogens is 1. The Kier molecular flexibility index (Phi) is 6.53. The van der Waals surface area contributed by atoms with Gasteiger partial charge >= 0.3 is 0 Å². The van der Waals surface area contributed by atoms with E-state index in [1.807, 2.05) is 6.07 Å². The Balaban J connectivity index is 1.44. The van der Waals surface area contributed by atoms with Gasteiger partial charge in [-0.2, -0.15) is 4.31 Å². The molecule has 1 fully saturated rings. The highest BCUT2D eigenvalue weighted by Gasteiger charge is 2.30. The highest BCUT2D eigenvalue weighted by atomic mass is 79.9. The maximum Gasteiger partial charge on any atom is 0.244 e. The van der Waals surface area contributed by atoms with E-state index >= 15 is 0 Å². The average molecular weight is 521 g/mol. The molecular formula is C23H26BrN3O2S2. The molecule has 0 radical (unpaired) electrons. The Morgan fingerprint density at radius 1 is 1.03 bits per heavy atom. The molecule has 4 rings (SSSR count). The summed E-state index contributed by atoms with van der Waals surface area (Å²) in [6.07, 6.45) is 0.824. The van der Waals surface area contributed by atoms with Crippen LogP contribution in [0.5, 0.6) is 0 Å². The van der Waals surface area contributed by atoms with E-state index in [9.17, 15) is 8.42 Å². The molecule has 8 heteroatoms. The standard InChI is InChI=1S/C23H26BrN3O2S2/c1-16-12-17(2)20(18(3)13-16)14-19-15-30-23(25-19)26-8-10-27(11-9-26)31(28,29)22-7-5-4-6-21(22)24/h4-7,12-13,15H,8-11,14H2,1-3H3. The summed E-state index contributed by atoms with van der Waals surface area (Å²) in [5.74, 6) is 0. The number of hydrogen-bond acceptors (Lipinski definition) is 5. The van der Waals surface area contributed by atoms with Crippen LogP contribution in [0, 0.1) is 20.8 Å². The molecule has 1 aliphatic rings. The van der Waals surface area contributed by atoms with E-state index in [2.05, 4.69) is 59.1 Å². The molecule has 0 aliphatic carbocycles. The Labute approximate surface area is 196 Å². The van der Waals surface area contributed by atoms with Gasteiger partial charge in [-0.15, -0.1) is 11.3 Å². The normalized spacial score (nSPS) is 15.4. The van der Waals surface area contributed by atoms with E-state index in [0.717, 1.165) is 17.2 Å². The van der Waals surface area contributed by atoms with E-state index in [1.165, 1.54) is 22.3 Å². The predicted molar refractivity (Wildman–Crippen MR) is 131 cm³/mol. The molecule has 0 amide bonds. The number of aryl methyl sites for hydroxylation is 3. The minimum absolute atomic E-state index is 0.323. The second kappa shape index (κ2) is 9.02. The number of halogens is 1. The highest BCUT2D eigenvalue weighted by Crippen LogP contribution is 2.28. The van der Waals surface area contributed by atoms with Crippen molar-refractivity contribution < 1.29 is 8.42 Å². The zero-order valence-electron chi connectivity index (χ0n) is 17.9. The van der Waals surface area contributed by atoms with E-state index < -0.39 is 10.0 Å². The number of benzene rings is 2. The number of thiazole rings is 1. The van der Waals surface area contributed by atoms with Crippen molar-refractivity contribution in [3.05, 3.63) is 74.2 Å². The molecule has 1 aliphatic heterocycles. The van der Waals surface area contributed by atoms with Crippen molar-refractivity contribution in [2.45, 2.75) is 32.1 Å². The first kappa shape index (κ1) is 22.5. The van der Waals surface area contributed by atoms with Gasteiger partial charge in [0.05, 0.1) is 10.6 Å². The lowest BCUT2D eigenvalue weighted by Crippen LogP contribution is -2.48. The third kappa shape index (κ3) is 4.72. The lowest BCUT2D eigenvalue weighted by atomic mass is 9.96. The maximum atomic E-state index is 13.0. The van der Waals surface area contributed by atoms with Gasteiger partial charge in [0.2, 0.25) is 10.0 Å². The lowest BCUT2D eigenvalue weighted by molar-refractivity contribution is 0.384. The molecule has 1 aromatic heterocycles. The Morgan fingerprint density at radius 3 is 2.32 bits per heavy atom. The molecule has 2 heterocycles. The van der Waals surface area contributed by atoms with Crippen molar-refractivity contribution in [1.82, 2.24) is 9.29 Å². The van der Waals surface area contributed by atoms with Gasteiger partial charge in [0.1, 0.15) is 0 Å². The van der Waals surface area contributed by atoms with Crippen LogP contribution in [0.2, 0.25) is 0 Å². The fraction of sp³-hybridized carbons (Fsp3) is 0.348. The van der Waals surface area contributed by atoms with Crippen LogP contribution in [-0.4, -0.2) is 43.9 Å². The van der Waals surface area contributed by atoms with Crippen molar-refractivity contribution in [2.24, 2.45) is 0 Å². The number of anilines is 1. The van der Waals surface area contributed by atoms with E-state index in [0.29, 0.717) is 35.5 Å². The van der Waals surface area contributed by atoms with Crippen LogP contribution in [0.4, 0.5) is 5.13 Å². The van der Waals surface area contributed by atoms with Gasteiger partial charge in [-0.1, -0.05) is 29.8 Å². The van der Waals surface area contributed by atoms with Crippen LogP contribution in [0.1, 0.15) is 27.9 Å². The summed E-state index contributed by atoms with van der Waals surface area (Å²) in [5, 5.41) is 3.09. The SMILES string of the molecule is Cc1cc(C)c(Cc2csc(N3CCN(S(=O)(=O)c4ccccc4Br)CC3)n2)c(C)c1. The number of rotatable bonds is 5. The molecule has 0 N–H and O–H groups in total. The molecule has 2 aromatic carbocycles. The monoisotopic (exact) mass is 519 g/mol. The molecule has 0 unspecified atom stereocenters. The maximum absolute atomic E-state index is 13.0. The number of hydrogen-bond donors (Lipinski definition) is 0. The third-order valence-electron chi connectivity index (χ3n) is 5.70.